The van der Waals surface area contributed by atoms with E-state index in [-0.39, 0.29) is 29.2 Å². The van der Waals surface area contributed by atoms with Gasteiger partial charge < -0.3 is 20.4 Å². The Bertz CT molecular complexity index is 856. The smallest absolute Gasteiger partial charge is 0.293 e. The van der Waals surface area contributed by atoms with Crippen molar-refractivity contribution in [2.45, 2.75) is 36.3 Å². The molecule has 2 aromatic heterocycles. The Kier molecular flexibility index (Phi) is 5.52. The molecule has 1 fully saturated rings. The van der Waals surface area contributed by atoms with Crippen LogP contribution in [0.1, 0.15) is 31.5 Å². The number of furan rings is 1. The molecule has 10 nitrogen and oxygen atoms in total. The minimum Gasteiger partial charge on any atom is -0.438 e. The molecule has 0 unspecified atom stereocenters. The Labute approximate surface area is 149 Å². The summed E-state index contributed by atoms with van der Waals surface area (Å²) in [5.74, 6) is -0.299. The van der Waals surface area contributed by atoms with Gasteiger partial charge >= 0.3 is 0 Å². The van der Waals surface area contributed by atoms with Crippen molar-refractivity contribution < 1.29 is 22.2 Å². The minimum atomic E-state index is -4.00. The predicted octanol–water partition coefficient (Wildman–Crippen LogP) is 0.243. The molecule has 0 spiro atoms. The van der Waals surface area contributed by atoms with Crippen molar-refractivity contribution in [3.63, 3.8) is 0 Å². The number of amides is 1. The molecule has 25 heavy (non-hydrogen) atoms. The summed E-state index contributed by atoms with van der Waals surface area (Å²) in [4.78, 5) is 14.9. The number of aromatic nitrogens is 2. The molecule has 1 saturated carbocycles. The average molecular weight is 392 g/mol. The number of nitrogens with one attached hydrogen (secondary N) is 1. The van der Waals surface area contributed by atoms with Gasteiger partial charge in [-0.05, 0) is 25.0 Å². The molecule has 2 heterocycles. The van der Waals surface area contributed by atoms with Crippen molar-refractivity contribution >= 4 is 28.3 Å². The van der Waals surface area contributed by atoms with Crippen molar-refractivity contribution in [1.29, 1.82) is 0 Å². The summed E-state index contributed by atoms with van der Waals surface area (Å²) in [6.07, 6.45) is 3.52. The molecule has 1 amide bonds. The van der Waals surface area contributed by atoms with Crippen molar-refractivity contribution in [2.24, 2.45) is 11.5 Å². The topological polar surface area (TPSA) is 167 Å². The third kappa shape index (κ3) is 4.00. The molecule has 0 bridgehead atoms. The Morgan fingerprint density at radius 1 is 1.32 bits per heavy atom. The zero-order valence-corrected chi connectivity index (χ0v) is 14.7. The lowest BCUT2D eigenvalue weighted by molar-refractivity contribution is -0.116. The summed E-state index contributed by atoms with van der Waals surface area (Å²) < 4.78 is 36.3. The number of primary amides is 1. The molecule has 5 N–H and O–H groups in total. The fourth-order valence-corrected chi connectivity index (χ4v) is 3.49. The molecule has 0 aliphatic heterocycles. The number of nitrogens with two attached hydrogens (primary N) is 2. The summed E-state index contributed by atoms with van der Waals surface area (Å²) in [5, 5.41) is 3.49. The van der Waals surface area contributed by atoms with E-state index in [1.54, 1.807) is 0 Å². The van der Waals surface area contributed by atoms with Gasteiger partial charge in [0, 0.05) is 0 Å². The molecule has 3 rings (SSSR count). The van der Waals surface area contributed by atoms with E-state index >= 15 is 0 Å². The van der Waals surface area contributed by atoms with Crippen molar-refractivity contribution in [3.8, 4) is 11.7 Å². The van der Waals surface area contributed by atoms with Crippen LogP contribution in [0, 0.1) is 0 Å². The Hall–Kier alpha value is -1.95. The molecule has 0 atom stereocenters. The number of carbonyl (C=O) groups excluding carboxylic acids is 1. The van der Waals surface area contributed by atoms with E-state index in [2.05, 4.69) is 10.1 Å². The third-order valence-corrected chi connectivity index (χ3v) is 5.13. The van der Waals surface area contributed by atoms with Gasteiger partial charge in [0.1, 0.15) is 0 Å². The number of hydrogen-bond acceptors (Lipinski definition) is 8. The van der Waals surface area contributed by atoms with Gasteiger partial charge in [0.2, 0.25) is 11.0 Å². The Balaban J connectivity index is 0.00000225. The summed E-state index contributed by atoms with van der Waals surface area (Å²) in [5.41, 5.74) is 10.5. The average Bonchev–Trinajstić information content (AvgIpc) is 3.24. The summed E-state index contributed by atoms with van der Waals surface area (Å²) in [7, 11) is -4.00. The first-order chi connectivity index (χ1) is 11.3. The van der Waals surface area contributed by atoms with Crippen LogP contribution in [-0.2, 0) is 20.4 Å². The van der Waals surface area contributed by atoms with Gasteiger partial charge in [-0.1, -0.05) is 18.0 Å². The third-order valence-electron chi connectivity index (χ3n) is 3.86. The number of rotatable bonds is 6. The lowest BCUT2D eigenvalue weighted by Gasteiger charge is -2.17. The highest BCUT2D eigenvalue weighted by Crippen LogP contribution is 2.35. The Morgan fingerprint density at radius 3 is 2.64 bits per heavy atom. The molecule has 138 valence electrons. The molecule has 2 aromatic rings. The van der Waals surface area contributed by atoms with Crippen LogP contribution in [-0.4, -0.2) is 31.0 Å². The number of nitrogens with zero attached hydrogens (tertiary/aromatic N) is 2. The van der Waals surface area contributed by atoms with Crippen LogP contribution in [0.15, 0.2) is 26.2 Å². The quantitative estimate of drug-likeness (QED) is 0.629. The van der Waals surface area contributed by atoms with Gasteiger partial charge in [0.25, 0.3) is 15.9 Å². The standard InChI is InChI=1S/C13H17N5O5S.ClH/c14-9(19)7-16-24(20,21)10-4-3-8(22-10)11-17-12(18-23-11)13(15)5-1-2-6-13;/h3-4,16H,1-2,5-7,15H2,(H2,14,19);1H. The zero-order valence-electron chi connectivity index (χ0n) is 13.1. The van der Waals surface area contributed by atoms with Gasteiger partial charge in [-0.3, -0.25) is 4.79 Å². The number of halogens is 1. The first-order valence-corrected chi connectivity index (χ1v) is 8.80. The first-order valence-electron chi connectivity index (χ1n) is 7.31. The van der Waals surface area contributed by atoms with Crippen LogP contribution in [0.25, 0.3) is 11.7 Å². The monoisotopic (exact) mass is 391 g/mol. The normalized spacial score (nSPS) is 16.5. The highest BCUT2D eigenvalue weighted by molar-refractivity contribution is 7.89. The second-order valence-electron chi connectivity index (χ2n) is 5.70. The summed E-state index contributed by atoms with van der Waals surface area (Å²) in [6.45, 7) is -0.529. The van der Waals surface area contributed by atoms with E-state index < -0.39 is 28.0 Å². The predicted molar refractivity (Wildman–Crippen MR) is 88.0 cm³/mol. The van der Waals surface area contributed by atoms with E-state index in [1.807, 2.05) is 4.72 Å². The maximum absolute atomic E-state index is 11.9. The highest BCUT2D eigenvalue weighted by atomic mass is 35.5. The Morgan fingerprint density at radius 2 is 2.00 bits per heavy atom. The van der Waals surface area contributed by atoms with Crippen LogP contribution in [0.5, 0.6) is 0 Å². The summed E-state index contributed by atoms with van der Waals surface area (Å²) in [6, 6.07) is 2.60. The number of carbonyl (C=O) groups is 1. The zero-order chi connectivity index (χ0) is 17.4. The van der Waals surface area contributed by atoms with Gasteiger partial charge in [0.05, 0.1) is 12.1 Å². The van der Waals surface area contributed by atoms with Gasteiger partial charge in [-0.2, -0.15) is 9.71 Å². The lowest BCUT2D eigenvalue weighted by atomic mass is 9.99. The maximum atomic E-state index is 11.9. The second-order valence-corrected chi connectivity index (χ2v) is 7.39. The molecule has 0 radical (unpaired) electrons. The second kappa shape index (κ2) is 7.12. The fraction of sp³-hybridized carbons (Fsp3) is 0.462. The van der Waals surface area contributed by atoms with E-state index in [0.29, 0.717) is 5.82 Å². The van der Waals surface area contributed by atoms with Crippen molar-refractivity contribution in [2.75, 3.05) is 6.54 Å². The van der Waals surface area contributed by atoms with E-state index in [9.17, 15) is 13.2 Å². The van der Waals surface area contributed by atoms with Crippen LogP contribution < -0.4 is 16.2 Å². The molecule has 12 heteroatoms. The molecule has 0 aromatic carbocycles. The number of hydrogen-bond donors (Lipinski definition) is 3. The lowest BCUT2D eigenvalue weighted by Crippen LogP contribution is -2.34. The molecular formula is C13H18ClN5O5S. The highest BCUT2D eigenvalue weighted by Gasteiger charge is 2.36. The molecular weight excluding hydrogens is 374 g/mol. The van der Waals surface area contributed by atoms with Crippen molar-refractivity contribution in [3.05, 3.63) is 18.0 Å². The largest absolute Gasteiger partial charge is 0.438 e. The van der Waals surface area contributed by atoms with Gasteiger partial charge in [-0.25, -0.2) is 8.42 Å². The van der Waals surface area contributed by atoms with E-state index in [4.69, 9.17) is 20.4 Å². The SMILES string of the molecule is Cl.NC(=O)CNS(=O)(=O)c1ccc(-c2nc(C3(N)CCCC3)no2)o1. The molecule has 1 aliphatic carbocycles. The van der Waals surface area contributed by atoms with Gasteiger partial charge in [0.15, 0.2) is 11.6 Å². The van der Waals surface area contributed by atoms with Crippen LogP contribution >= 0.6 is 12.4 Å². The minimum absolute atomic E-state index is 0. The molecule has 0 saturated heterocycles. The maximum Gasteiger partial charge on any atom is 0.293 e. The van der Waals surface area contributed by atoms with E-state index in [1.165, 1.54) is 12.1 Å². The first kappa shape index (κ1) is 19.4. The van der Waals surface area contributed by atoms with Crippen LogP contribution in [0.4, 0.5) is 0 Å². The van der Waals surface area contributed by atoms with Gasteiger partial charge in [-0.15, -0.1) is 12.4 Å². The van der Waals surface area contributed by atoms with Crippen LogP contribution in [0.3, 0.4) is 0 Å². The number of sulfonamides is 1. The molecule has 1 aliphatic rings. The van der Waals surface area contributed by atoms with Crippen molar-refractivity contribution in [1.82, 2.24) is 14.9 Å². The van der Waals surface area contributed by atoms with E-state index in [0.717, 1.165) is 25.7 Å². The van der Waals surface area contributed by atoms with Crippen LogP contribution in [0.2, 0.25) is 0 Å². The fourth-order valence-electron chi connectivity index (χ4n) is 2.57. The summed E-state index contributed by atoms with van der Waals surface area (Å²) >= 11 is 0.